The van der Waals surface area contributed by atoms with Crippen molar-refractivity contribution in [2.45, 2.75) is 13.3 Å². The number of carbonyl (C=O) groups is 1. The highest BCUT2D eigenvalue weighted by atomic mass is 35.5. The molecule has 0 bridgehead atoms. The van der Waals surface area contributed by atoms with Crippen molar-refractivity contribution in [1.29, 1.82) is 5.26 Å². The molecule has 1 aromatic heterocycles. The fraction of sp³-hybridized carbons (Fsp3) is 0.0952. The lowest BCUT2D eigenvalue weighted by Crippen LogP contribution is -2.13. The van der Waals surface area contributed by atoms with Gasteiger partial charge in [-0.05, 0) is 47.9 Å². The van der Waals surface area contributed by atoms with Crippen LogP contribution in [0.1, 0.15) is 21.6 Å². The van der Waals surface area contributed by atoms with Crippen LogP contribution in [-0.2, 0) is 11.2 Å². The van der Waals surface area contributed by atoms with E-state index in [0.29, 0.717) is 22.1 Å². The van der Waals surface area contributed by atoms with Gasteiger partial charge in [0.25, 0.3) is 5.91 Å². The Balaban J connectivity index is 1.69. The van der Waals surface area contributed by atoms with Crippen LogP contribution in [0.3, 0.4) is 0 Å². The molecular weight excluding hydrogens is 397 g/mol. The van der Waals surface area contributed by atoms with Crippen LogP contribution in [0.25, 0.3) is 6.08 Å². The molecule has 1 amide bonds. The number of anilines is 1. The van der Waals surface area contributed by atoms with Gasteiger partial charge in [-0.25, -0.2) is 9.37 Å². The third-order valence-corrected chi connectivity index (χ3v) is 5.25. The number of amides is 1. The van der Waals surface area contributed by atoms with Gasteiger partial charge in [-0.1, -0.05) is 35.9 Å². The molecule has 1 heterocycles. The molecule has 3 aromatic rings. The molecule has 0 saturated heterocycles. The molecule has 140 valence electrons. The van der Waals surface area contributed by atoms with Gasteiger partial charge in [0.05, 0.1) is 0 Å². The number of nitriles is 1. The van der Waals surface area contributed by atoms with Crippen LogP contribution in [-0.4, -0.2) is 10.9 Å². The molecule has 0 unspecified atom stereocenters. The molecule has 2 aromatic carbocycles. The summed E-state index contributed by atoms with van der Waals surface area (Å²) in [5, 5.41) is 13.0. The first-order valence-electron chi connectivity index (χ1n) is 8.33. The van der Waals surface area contributed by atoms with Crippen molar-refractivity contribution >= 4 is 40.1 Å². The standard InChI is InChI=1S/C21H15ClFN3OS/c1-13-2-3-15(10-19(13)22)9-18-12-25-21(28-18)26-20(27)16(11-24)8-14-4-6-17(23)7-5-14/h2-8,10,12H,9H2,1H3,(H,25,26,27)/b16-8+. The fourth-order valence-corrected chi connectivity index (χ4v) is 3.48. The van der Waals surface area contributed by atoms with Crippen molar-refractivity contribution in [3.63, 3.8) is 0 Å². The highest BCUT2D eigenvalue weighted by Gasteiger charge is 2.12. The molecule has 0 fully saturated rings. The Labute approximate surface area is 170 Å². The molecule has 0 radical (unpaired) electrons. The van der Waals surface area contributed by atoms with Gasteiger partial charge in [0, 0.05) is 22.5 Å². The smallest absolute Gasteiger partial charge is 0.268 e. The maximum absolute atomic E-state index is 13.0. The van der Waals surface area contributed by atoms with Gasteiger partial charge in [-0.15, -0.1) is 11.3 Å². The summed E-state index contributed by atoms with van der Waals surface area (Å²) in [6.45, 7) is 1.94. The lowest BCUT2D eigenvalue weighted by molar-refractivity contribution is -0.112. The van der Waals surface area contributed by atoms with Gasteiger partial charge in [0.1, 0.15) is 17.5 Å². The molecule has 0 aliphatic heterocycles. The number of carbonyl (C=O) groups excluding carboxylic acids is 1. The van der Waals surface area contributed by atoms with Crippen molar-refractivity contribution in [2.24, 2.45) is 0 Å². The topological polar surface area (TPSA) is 65.8 Å². The van der Waals surface area contributed by atoms with E-state index in [9.17, 15) is 14.4 Å². The fourth-order valence-electron chi connectivity index (χ4n) is 2.43. The molecule has 7 heteroatoms. The van der Waals surface area contributed by atoms with Crippen LogP contribution in [0.2, 0.25) is 5.02 Å². The number of nitrogens with zero attached hydrogens (tertiary/aromatic N) is 2. The van der Waals surface area contributed by atoms with Crippen LogP contribution in [0.4, 0.5) is 9.52 Å². The average molecular weight is 412 g/mol. The monoisotopic (exact) mass is 411 g/mol. The zero-order valence-corrected chi connectivity index (χ0v) is 16.4. The first kappa shape index (κ1) is 19.7. The van der Waals surface area contributed by atoms with Crippen LogP contribution < -0.4 is 5.32 Å². The average Bonchev–Trinajstić information content (AvgIpc) is 3.11. The Morgan fingerprint density at radius 3 is 2.75 bits per heavy atom. The van der Waals surface area contributed by atoms with Crippen LogP contribution in [0.5, 0.6) is 0 Å². The third-order valence-electron chi connectivity index (χ3n) is 3.93. The normalized spacial score (nSPS) is 11.1. The molecule has 0 aliphatic carbocycles. The van der Waals surface area contributed by atoms with Crippen molar-refractivity contribution in [3.8, 4) is 6.07 Å². The Morgan fingerprint density at radius 2 is 2.07 bits per heavy atom. The zero-order chi connectivity index (χ0) is 20.1. The largest absolute Gasteiger partial charge is 0.297 e. The van der Waals surface area contributed by atoms with Crippen LogP contribution in [0.15, 0.2) is 54.2 Å². The second kappa shape index (κ2) is 8.79. The Kier molecular flexibility index (Phi) is 6.19. The predicted molar refractivity (Wildman–Crippen MR) is 110 cm³/mol. The number of thiazole rings is 1. The quantitative estimate of drug-likeness (QED) is 0.452. The van der Waals surface area contributed by atoms with Crippen LogP contribution >= 0.6 is 22.9 Å². The molecule has 0 saturated carbocycles. The van der Waals surface area contributed by atoms with Gasteiger partial charge in [-0.3, -0.25) is 10.1 Å². The number of hydrogen-bond acceptors (Lipinski definition) is 4. The highest BCUT2D eigenvalue weighted by Crippen LogP contribution is 2.24. The van der Waals surface area contributed by atoms with E-state index in [-0.39, 0.29) is 11.4 Å². The summed E-state index contributed by atoms with van der Waals surface area (Å²) in [6, 6.07) is 13.3. The van der Waals surface area contributed by atoms with E-state index in [1.54, 1.807) is 6.20 Å². The zero-order valence-electron chi connectivity index (χ0n) is 14.9. The van der Waals surface area contributed by atoms with Crippen molar-refractivity contribution < 1.29 is 9.18 Å². The van der Waals surface area contributed by atoms with Gasteiger partial charge in [0.2, 0.25) is 0 Å². The predicted octanol–water partition coefficient (Wildman–Crippen LogP) is 5.38. The molecule has 1 N–H and O–H groups in total. The van der Waals surface area contributed by atoms with Gasteiger partial charge in [0.15, 0.2) is 5.13 Å². The van der Waals surface area contributed by atoms with Gasteiger partial charge in [-0.2, -0.15) is 5.26 Å². The first-order valence-corrected chi connectivity index (χ1v) is 9.52. The lowest BCUT2D eigenvalue weighted by Gasteiger charge is -2.02. The van der Waals surface area contributed by atoms with E-state index in [2.05, 4.69) is 10.3 Å². The first-order chi connectivity index (χ1) is 13.4. The third kappa shape index (κ3) is 5.03. The Hall–Kier alpha value is -3.01. The summed E-state index contributed by atoms with van der Waals surface area (Å²) in [4.78, 5) is 17.5. The minimum atomic E-state index is -0.564. The summed E-state index contributed by atoms with van der Waals surface area (Å²) in [5.41, 5.74) is 2.53. The van der Waals surface area contributed by atoms with E-state index in [4.69, 9.17) is 11.6 Å². The summed E-state index contributed by atoms with van der Waals surface area (Å²) in [7, 11) is 0. The number of halogens is 2. The molecule has 4 nitrogen and oxygen atoms in total. The van der Waals surface area contributed by atoms with E-state index in [0.717, 1.165) is 16.0 Å². The van der Waals surface area contributed by atoms with Gasteiger partial charge < -0.3 is 0 Å². The number of benzene rings is 2. The van der Waals surface area contributed by atoms with E-state index in [1.165, 1.54) is 41.7 Å². The van der Waals surface area contributed by atoms with E-state index < -0.39 is 5.91 Å². The summed E-state index contributed by atoms with van der Waals surface area (Å²) in [5.74, 6) is -0.948. The van der Waals surface area contributed by atoms with Crippen molar-refractivity contribution in [1.82, 2.24) is 4.98 Å². The molecule has 3 rings (SSSR count). The number of nitrogens with one attached hydrogen (secondary N) is 1. The number of hydrogen-bond donors (Lipinski definition) is 1. The summed E-state index contributed by atoms with van der Waals surface area (Å²) < 4.78 is 13.0. The minimum absolute atomic E-state index is 0.0892. The van der Waals surface area contributed by atoms with Gasteiger partial charge >= 0.3 is 0 Å². The lowest BCUT2D eigenvalue weighted by atomic mass is 10.1. The Bertz CT molecular complexity index is 1080. The second-order valence-electron chi connectivity index (χ2n) is 6.07. The highest BCUT2D eigenvalue weighted by molar-refractivity contribution is 7.15. The van der Waals surface area contributed by atoms with E-state index in [1.807, 2.05) is 31.2 Å². The van der Waals surface area contributed by atoms with Crippen LogP contribution in [0, 0.1) is 24.1 Å². The number of rotatable bonds is 5. The number of aromatic nitrogens is 1. The van der Waals surface area contributed by atoms with Crippen molar-refractivity contribution in [3.05, 3.63) is 86.6 Å². The molecular formula is C21H15ClFN3OS. The summed E-state index contributed by atoms with van der Waals surface area (Å²) >= 11 is 7.48. The Morgan fingerprint density at radius 1 is 1.32 bits per heavy atom. The SMILES string of the molecule is Cc1ccc(Cc2cnc(NC(=O)/C(C#N)=C/c3ccc(F)cc3)s2)cc1Cl. The molecule has 28 heavy (non-hydrogen) atoms. The maximum Gasteiger partial charge on any atom is 0.268 e. The van der Waals surface area contributed by atoms with E-state index >= 15 is 0 Å². The molecule has 0 spiro atoms. The molecule has 0 aliphatic rings. The maximum atomic E-state index is 13.0. The van der Waals surface area contributed by atoms with Crippen molar-refractivity contribution in [2.75, 3.05) is 5.32 Å². The minimum Gasteiger partial charge on any atom is -0.297 e. The summed E-state index contributed by atoms with van der Waals surface area (Å²) in [6.07, 6.45) is 3.73. The second-order valence-corrected chi connectivity index (χ2v) is 7.59. The molecule has 0 atom stereocenters. The number of aryl methyl sites for hydroxylation is 1.